The van der Waals surface area contributed by atoms with Gasteiger partial charge in [-0.05, 0) is 43.7 Å². The highest BCUT2D eigenvalue weighted by molar-refractivity contribution is 5.95. The lowest BCUT2D eigenvalue weighted by Crippen LogP contribution is -2.27. The van der Waals surface area contributed by atoms with Crippen molar-refractivity contribution >= 4 is 5.91 Å². The maximum atomic E-state index is 12.7. The molecule has 0 spiro atoms. The van der Waals surface area contributed by atoms with Crippen molar-refractivity contribution in [1.29, 1.82) is 0 Å². The number of hydrogen-bond donors (Lipinski definition) is 0. The molecule has 1 heterocycles. The van der Waals surface area contributed by atoms with E-state index < -0.39 is 11.9 Å². The largest absolute Gasteiger partial charge is 0.494 e. The fraction of sp³-hybridized carbons (Fsp3) is 0.333. The van der Waals surface area contributed by atoms with Gasteiger partial charge in [-0.15, -0.1) is 0 Å². The lowest BCUT2D eigenvalue weighted by molar-refractivity contribution is -0.141. The second kappa shape index (κ2) is 7.55. The van der Waals surface area contributed by atoms with Gasteiger partial charge in [-0.1, -0.05) is 12.1 Å². The van der Waals surface area contributed by atoms with Gasteiger partial charge in [0.15, 0.2) is 0 Å². The van der Waals surface area contributed by atoms with Crippen LogP contribution in [0.4, 0.5) is 13.2 Å². The third kappa shape index (κ3) is 4.71. The van der Waals surface area contributed by atoms with Crippen LogP contribution in [0.3, 0.4) is 0 Å². The Morgan fingerprint density at radius 2 is 1.80 bits per heavy atom. The van der Waals surface area contributed by atoms with E-state index in [4.69, 9.17) is 4.74 Å². The van der Waals surface area contributed by atoms with Gasteiger partial charge in [0.05, 0.1) is 17.9 Å². The molecule has 0 fully saturated rings. The quantitative estimate of drug-likeness (QED) is 0.814. The van der Waals surface area contributed by atoms with E-state index in [9.17, 15) is 18.0 Å². The van der Waals surface area contributed by atoms with Gasteiger partial charge < -0.3 is 9.64 Å². The topological polar surface area (TPSA) is 42.4 Å². The second-order valence-corrected chi connectivity index (χ2v) is 5.57. The number of benzene rings is 1. The number of carbonyl (C=O) groups excluding carboxylic acids is 1. The van der Waals surface area contributed by atoms with Crippen LogP contribution < -0.4 is 4.74 Å². The Hall–Kier alpha value is -2.57. The summed E-state index contributed by atoms with van der Waals surface area (Å²) in [7, 11) is 1.59. The number of halogens is 3. The molecule has 0 aliphatic carbocycles. The van der Waals surface area contributed by atoms with Crippen LogP contribution in [-0.2, 0) is 12.7 Å². The van der Waals surface area contributed by atoms with Crippen molar-refractivity contribution in [2.24, 2.45) is 0 Å². The number of amides is 1. The van der Waals surface area contributed by atoms with Crippen LogP contribution in [0.15, 0.2) is 36.4 Å². The summed E-state index contributed by atoms with van der Waals surface area (Å²) in [5, 5.41) is 0. The number of aromatic nitrogens is 1. The highest BCUT2D eigenvalue weighted by Crippen LogP contribution is 2.28. The molecule has 0 unspecified atom stereocenters. The van der Waals surface area contributed by atoms with Crippen LogP contribution in [0.5, 0.6) is 5.75 Å². The van der Waals surface area contributed by atoms with E-state index in [1.807, 2.05) is 31.2 Å². The van der Waals surface area contributed by atoms with E-state index >= 15 is 0 Å². The number of alkyl halides is 3. The number of pyridine rings is 1. The number of carbonyl (C=O) groups is 1. The van der Waals surface area contributed by atoms with Gasteiger partial charge >= 0.3 is 6.18 Å². The van der Waals surface area contributed by atoms with Crippen LogP contribution in [0.2, 0.25) is 0 Å². The zero-order valence-corrected chi connectivity index (χ0v) is 14.2. The maximum absolute atomic E-state index is 12.7. The Morgan fingerprint density at radius 1 is 1.16 bits per heavy atom. The molecule has 4 nitrogen and oxygen atoms in total. The van der Waals surface area contributed by atoms with Gasteiger partial charge in [-0.2, -0.15) is 13.2 Å². The summed E-state index contributed by atoms with van der Waals surface area (Å²) in [6.45, 7) is 4.18. The second-order valence-electron chi connectivity index (χ2n) is 5.57. The first-order chi connectivity index (χ1) is 11.7. The summed E-state index contributed by atoms with van der Waals surface area (Å²) in [5.41, 5.74) is 0.0901. The van der Waals surface area contributed by atoms with Crippen molar-refractivity contribution in [2.45, 2.75) is 26.6 Å². The molecule has 0 atom stereocenters. The van der Waals surface area contributed by atoms with Crippen LogP contribution in [-0.4, -0.2) is 29.4 Å². The van der Waals surface area contributed by atoms with Crippen molar-refractivity contribution in [3.63, 3.8) is 0 Å². The first-order valence-corrected chi connectivity index (χ1v) is 7.74. The molecule has 0 aliphatic rings. The minimum absolute atomic E-state index is 0.0540. The number of rotatable bonds is 5. The van der Waals surface area contributed by atoms with Gasteiger partial charge in [-0.25, -0.2) is 4.98 Å². The van der Waals surface area contributed by atoms with Gasteiger partial charge in [0.2, 0.25) is 0 Å². The molecule has 0 bridgehead atoms. The molecule has 25 heavy (non-hydrogen) atoms. The van der Waals surface area contributed by atoms with E-state index in [0.29, 0.717) is 13.2 Å². The van der Waals surface area contributed by atoms with Crippen molar-refractivity contribution < 1.29 is 22.7 Å². The zero-order valence-electron chi connectivity index (χ0n) is 14.2. The van der Waals surface area contributed by atoms with E-state index in [-0.39, 0.29) is 17.2 Å². The van der Waals surface area contributed by atoms with E-state index in [1.54, 1.807) is 7.05 Å². The van der Waals surface area contributed by atoms with E-state index in [1.165, 1.54) is 17.9 Å². The van der Waals surface area contributed by atoms with Crippen LogP contribution >= 0.6 is 0 Å². The van der Waals surface area contributed by atoms with Crippen molar-refractivity contribution in [1.82, 2.24) is 9.88 Å². The summed E-state index contributed by atoms with van der Waals surface area (Å²) in [4.78, 5) is 17.4. The minimum atomic E-state index is -4.53. The van der Waals surface area contributed by atoms with Gasteiger partial charge in [-0.3, -0.25) is 4.79 Å². The SMILES string of the molecule is CCOc1ccc(CN(C)C(=O)c2ccc(C(F)(F)F)nc2C)cc1. The third-order valence-electron chi connectivity index (χ3n) is 3.61. The molecule has 7 heteroatoms. The maximum Gasteiger partial charge on any atom is 0.433 e. The molecule has 134 valence electrons. The van der Waals surface area contributed by atoms with Crippen molar-refractivity contribution in [2.75, 3.05) is 13.7 Å². The summed E-state index contributed by atoms with van der Waals surface area (Å²) < 4.78 is 43.4. The lowest BCUT2D eigenvalue weighted by Gasteiger charge is -2.19. The zero-order chi connectivity index (χ0) is 18.6. The predicted octanol–water partition coefficient (Wildman–Crippen LogP) is 4.08. The number of aryl methyl sites for hydroxylation is 1. The molecule has 1 aromatic carbocycles. The molecule has 0 N–H and O–H groups in total. The van der Waals surface area contributed by atoms with Gasteiger partial charge in [0, 0.05) is 13.6 Å². The normalized spacial score (nSPS) is 11.3. The van der Waals surface area contributed by atoms with Crippen molar-refractivity contribution in [3.05, 3.63) is 58.9 Å². The third-order valence-corrected chi connectivity index (χ3v) is 3.61. The van der Waals surface area contributed by atoms with E-state index in [0.717, 1.165) is 17.4 Å². The van der Waals surface area contributed by atoms with Crippen LogP contribution in [0, 0.1) is 6.92 Å². The molecule has 1 amide bonds. The highest BCUT2D eigenvalue weighted by Gasteiger charge is 2.33. The molecular weight excluding hydrogens is 333 g/mol. The smallest absolute Gasteiger partial charge is 0.433 e. The fourth-order valence-electron chi connectivity index (χ4n) is 2.35. The minimum Gasteiger partial charge on any atom is -0.494 e. The number of ether oxygens (including phenoxy) is 1. The predicted molar refractivity (Wildman–Crippen MR) is 87.4 cm³/mol. The van der Waals surface area contributed by atoms with E-state index in [2.05, 4.69) is 4.98 Å². The monoisotopic (exact) mass is 352 g/mol. The summed E-state index contributed by atoms with van der Waals surface area (Å²) >= 11 is 0. The first kappa shape index (κ1) is 18.8. The Balaban J connectivity index is 2.11. The molecular formula is C18H19F3N2O2. The van der Waals surface area contributed by atoms with Crippen LogP contribution in [0.1, 0.15) is 34.2 Å². The fourth-order valence-corrected chi connectivity index (χ4v) is 2.35. The first-order valence-electron chi connectivity index (χ1n) is 7.74. The molecule has 2 rings (SSSR count). The summed E-state index contributed by atoms with van der Waals surface area (Å²) in [5.74, 6) is 0.357. The molecule has 0 saturated carbocycles. The number of nitrogens with zero attached hydrogens (tertiary/aromatic N) is 2. The Bertz CT molecular complexity index is 743. The average Bonchev–Trinajstić information content (AvgIpc) is 2.55. The van der Waals surface area contributed by atoms with Crippen molar-refractivity contribution in [3.8, 4) is 5.75 Å². The summed E-state index contributed by atoms with van der Waals surface area (Å²) in [6.07, 6.45) is -4.53. The summed E-state index contributed by atoms with van der Waals surface area (Å²) in [6, 6.07) is 9.29. The standard InChI is InChI=1S/C18H19F3N2O2/c1-4-25-14-7-5-13(6-8-14)11-23(3)17(24)15-9-10-16(18(19,20)21)22-12(15)2/h5-10H,4,11H2,1-3H3. The Morgan fingerprint density at radius 3 is 2.32 bits per heavy atom. The molecule has 0 aliphatic heterocycles. The van der Waals surface area contributed by atoms with Crippen LogP contribution in [0.25, 0.3) is 0 Å². The van der Waals surface area contributed by atoms with Gasteiger partial charge in [0.1, 0.15) is 11.4 Å². The molecule has 2 aromatic rings. The van der Waals surface area contributed by atoms with Gasteiger partial charge in [0.25, 0.3) is 5.91 Å². The number of hydrogen-bond acceptors (Lipinski definition) is 3. The Kier molecular flexibility index (Phi) is 5.66. The highest BCUT2D eigenvalue weighted by atomic mass is 19.4. The Labute approximate surface area is 144 Å². The lowest BCUT2D eigenvalue weighted by atomic mass is 10.1. The molecule has 0 radical (unpaired) electrons. The molecule has 1 aromatic heterocycles. The molecule has 0 saturated heterocycles. The average molecular weight is 352 g/mol.